The maximum Gasteiger partial charge on any atom is 0.209 e. The molecule has 1 heterocycles. The molecule has 1 aromatic carbocycles. The second-order valence-electron chi connectivity index (χ2n) is 5.60. The molecule has 0 aromatic heterocycles. The van der Waals surface area contributed by atoms with Crippen molar-refractivity contribution in [1.82, 2.24) is 0 Å². The zero-order valence-electron chi connectivity index (χ0n) is 12.6. The fourth-order valence-corrected chi connectivity index (χ4v) is 2.70. The molecule has 1 aromatic rings. The average molecular weight is 373 g/mol. The number of halogens is 1. The summed E-state index contributed by atoms with van der Waals surface area (Å²) in [6.07, 6.45) is 2.47. The van der Waals surface area contributed by atoms with Gasteiger partial charge in [-0.3, -0.25) is 0 Å². The summed E-state index contributed by atoms with van der Waals surface area (Å²) in [6, 6.07) is 6.44. The fourth-order valence-electron chi connectivity index (χ4n) is 2.70. The first-order chi connectivity index (χ1) is 8.52. The molecule has 0 fully saturated rings. The summed E-state index contributed by atoms with van der Waals surface area (Å²) in [5, 5.41) is 0. The van der Waals surface area contributed by atoms with E-state index in [1.165, 1.54) is 29.8 Å². The Kier molecular flexibility index (Phi) is 5.42. The highest BCUT2D eigenvalue weighted by Crippen LogP contribution is 2.41. The minimum absolute atomic E-state index is 0. The molecule has 19 heavy (non-hydrogen) atoms. The number of rotatable bonds is 4. The van der Waals surface area contributed by atoms with Crippen molar-refractivity contribution in [2.75, 3.05) is 13.7 Å². The Labute approximate surface area is 133 Å². The van der Waals surface area contributed by atoms with Crippen molar-refractivity contribution in [3.8, 4) is 5.75 Å². The Balaban J connectivity index is 0.00000180. The number of unbranched alkanes of at least 4 members (excludes halogenated alkanes) is 1. The number of hydrogen-bond donors (Lipinski definition) is 0. The van der Waals surface area contributed by atoms with E-state index in [0.717, 1.165) is 12.3 Å². The van der Waals surface area contributed by atoms with E-state index in [1.807, 2.05) is 0 Å². The number of benzene rings is 1. The predicted molar refractivity (Wildman–Crippen MR) is 76.4 cm³/mol. The van der Waals surface area contributed by atoms with Gasteiger partial charge in [-0.2, -0.15) is 4.58 Å². The molecule has 106 valence electrons. The molecule has 0 amide bonds. The zero-order valence-corrected chi connectivity index (χ0v) is 14.7. The third-order valence-corrected chi connectivity index (χ3v) is 4.21. The van der Waals surface area contributed by atoms with Crippen LogP contribution in [-0.2, 0) is 5.41 Å². The van der Waals surface area contributed by atoms with Crippen molar-refractivity contribution in [3.63, 3.8) is 0 Å². The van der Waals surface area contributed by atoms with E-state index >= 15 is 0 Å². The first kappa shape index (κ1) is 16.5. The zero-order chi connectivity index (χ0) is 13.3. The van der Waals surface area contributed by atoms with Crippen LogP contribution in [0.4, 0.5) is 5.69 Å². The molecule has 3 heteroatoms. The van der Waals surface area contributed by atoms with Crippen LogP contribution in [0.15, 0.2) is 18.2 Å². The van der Waals surface area contributed by atoms with Crippen LogP contribution >= 0.6 is 0 Å². The summed E-state index contributed by atoms with van der Waals surface area (Å²) in [7, 11) is 1.73. The molecule has 1 aliphatic rings. The fraction of sp³-hybridized carbons (Fsp3) is 0.562. The molecule has 0 N–H and O–H groups in total. The summed E-state index contributed by atoms with van der Waals surface area (Å²) in [5.74, 6) is 0.951. The summed E-state index contributed by atoms with van der Waals surface area (Å²) < 4.78 is 7.83. The Morgan fingerprint density at radius 1 is 1.26 bits per heavy atom. The first-order valence-electron chi connectivity index (χ1n) is 6.82. The van der Waals surface area contributed by atoms with Crippen LogP contribution in [0.25, 0.3) is 0 Å². The van der Waals surface area contributed by atoms with Crippen LogP contribution in [0.5, 0.6) is 5.75 Å². The molecule has 1 aliphatic heterocycles. The second-order valence-corrected chi connectivity index (χ2v) is 5.60. The Morgan fingerprint density at radius 2 is 1.95 bits per heavy atom. The number of methoxy groups -OCH3 is 1. The van der Waals surface area contributed by atoms with E-state index < -0.39 is 0 Å². The van der Waals surface area contributed by atoms with E-state index in [0.29, 0.717) is 0 Å². The van der Waals surface area contributed by atoms with Gasteiger partial charge in [0.2, 0.25) is 5.69 Å². The highest BCUT2D eigenvalue weighted by molar-refractivity contribution is 5.93. The molecule has 0 unspecified atom stereocenters. The van der Waals surface area contributed by atoms with E-state index in [2.05, 4.69) is 50.5 Å². The minimum atomic E-state index is 0. The lowest BCUT2D eigenvalue weighted by Crippen LogP contribution is -3.00. The van der Waals surface area contributed by atoms with Crippen molar-refractivity contribution in [1.29, 1.82) is 0 Å². The smallest absolute Gasteiger partial charge is 0.209 e. The molecule has 2 nitrogen and oxygen atoms in total. The average Bonchev–Trinajstić information content (AvgIpc) is 2.56. The Morgan fingerprint density at radius 3 is 2.53 bits per heavy atom. The van der Waals surface area contributed by atoms with Crippen molar-refractivity contribution in [3.05, 3.63) is 23.8 Å². The van der Waals surface area contributed by atoms with Gasteiger partial charge in [0.05, 0.1) is 12.5 Å². The molecule has 2 rings (SSSR count). The van der Waals surface area contributed by atoms with E-state index in [-0.39, 0.29) is 29.4 Å². The summed E-state index contributed by atoms with van der Waals surface area (Å²) in [6.45, 7) is 10.2. The lowest BCUT2D eigenvalue weighted by Gasteiger charge is -2.15. The maximum atomic E-state index is 5.36. The maximum absolute atomic E-state index is 5.36. The van der Waals surface area contributed by atoms with Crippen LogP contribution in [0.3, 0.4) is 0 Å². The molecule has 0 aliphatic carbocycles. The van der Waals surface area contributed by atoms with Crippen molar-refractivity contribution in [2.45, 2.75) is 46.0 Å². The lowest BCUT2D eigenvalue weighted by molar-refractivity contribution is -0.439. The van der Waals surface area contributed by atoms with Gasteiger partial charge >= 0.3 is 0 Å². The van der Waals surface area contributed by atoms with Gasteiger partial charge in [0, 0.05) is 25.0 Å². The van der Waals surface area contributed by atoms with E-state index in [4.69, 9.17) is 4.74 Å². The highest BCUT2D eigenvalue weighted by Gasteiger charge is 2.42. The van der Waals surface area contributed by atoms with E-state index in [9.17, 15) is 0 Å². The van der Waals surface area contributed by atoms with Gasteiger partial charge in [-0.1, -0.05) is 13.3 Å². The number of nitrogens with zero attached hydrogens (tertiary/aromatic N) is 1. The lowest BCUT2D eigenvalue weighted by atomic mass is 9.82. The van der Waals surface area contributed by atoms with Crippen LogP contribution in [-0.4, -0.2) is 23.9 Å². The second kappa shape index (κ2) is 6.25. The first-order valence-corrected chi connectivity index (χ1v) is 6.82. The minimum Gasteiger partial charge on any atom is -1.00 e. The molecule has 0 bridgehead atoms. The topological polar surface area (TPSA) is 12.2 Å². The summed E-state index contributed by atoms with van der Waals surface area (Å²) in [5.41, 5.74) is 4.29. The molecule has 0 radical (unpaired) electrons. The number of fused-ring (bicyclic) bond motifs is 1. The molecule has 0 atom stereocenters. The molecule has 0 saturated carbocycles. The monoisotopic (exact) mass is 373 g/mol. The molecule has 0 spiro atoms. The third-order valence-electron chi connectivity index (χ3n) is 4.21. The van der Waals surface area contributed by atoms with Crippen LogP contribution in [0.1, 0.15) is 46.1 Å². The van der Waals surface area contributed by atoms with Gasteiger partial charge < -0.3 is 28.7 Å². The highest BCUT2D eigenvalue weighted by atomic mass is 127. The van der Waals surface area contributed by atoms with Crippen molar-refractivity contribution >= 4 is 11.4 Å². The van der Waals surface area contributed by atoms with Gasteiger partial charge in [0.15, 0.2) is 5.71 Å². The van der Waals surface area contributed by atoms with Crippen molar-refractivity contribution in [2.24, 2.45) is 0 Å². The summed E-state index contributed by atoms with van der Waals surface area (Å²) >= 11 is 0. The van der Waals surface area contributed by atoms with Gasteiger partial charge in [-0.15, -0.1) is 0 Å². The predicted octanol–water partition coefficient (Wildman–Crippen LogP) is 0.895. The number of hydrogen-bond acceptors (Lipinski definition) is 1. The normalized spacial score (nSPS) is 16.1. The molecule has 0 saturated heterocycles. The largest absolute Gasteiger partial charge is 1.00 e. The quantitative estimate of drug-likeness (QED) is 0.564. The standard InChI is InChI=1S/C16H24NO.HI/c1-6-7-10-17-12(2)16(3,4)14-11-13(18-5)8-9-15(14)17;/h8-9,11H,6-7,10H2,1-5H3;1H/q+1;/p-1. The van der Waals surface area contributed by atoms with Crippen LogP contribution in [0.2, 0.25) is 0 Å². The van der Waals surface area contributed by atoms with Gasteiger partial charge in [-0.05, 0) is 26.0 Å². The van der Waals surface area contributed by atoms with Gasteiger partial charge in [0.25, 0.3) is 0 Å². The third kappa shape index (κ3) is 2.81. The van der Waals surface area contributed by atoms with Crippen molar-refractivity contribution < 1.29 is 33.3 Å². The van der Waals surface area contributed by atoms with Crippen LogP contribution < -0.4 is 28.7 Å². The van der Waals surface area contributed by atoms with Gasteiger partial charge in [0.1, 0.15) is 12.3 Å². The van der Waals surface area contributed by atoms with Crippen LogP contribution in [0, 0.1) is 0 Å². The molecular weight excluding hydrogens is 349 g/mol. The van der Waals surface area contributed by atoms with E-state index in [1.54, 1.807) is 7.11 Å². The SMILES string of the molecule is CCCC[N+]1=C(C)C(C)(C)c2cc(OC)ccc21.[I-]. The molecular formula is C16H24INO. The summed E-state index contributed by atoms with van der Waals surface area (Å²) in [4.78, 5) is 0. The number of ether oxygens (including phenoxy) is 1. The Hall–Kier alpha value is -0.580. The van der Waals surface area contributed by atoms with Gasteiger partial charge in [-0.25, -0.2) is 0 Å². The Bertz CT molecular complexity index is 492.